The quantitative estimate of drug-likeness (QED) is 0.133. The highest BCUT2D eigenvalue weighted by atomic mass is 16.7. The van der Waals surface area contributed by atoms with Gasteiger partial charge in [-0.05, 0) is 24.6 Å². The molecule has 2 aliphatic heterocycles. The van der Waals surface area contributed by atoms with Gasteiger partial charge in [0.2, 0.25) is 7.72 Å². The van der Waals surface area contributed by atoms with Gasteiger partial charge >= 0.3 is 30.3 Å². The molecule has 3 rings (SSSR count). The Balaban J connectivity index is 0.00000137. The van der Waals surface area contributed by atoms with Crippen LogP contribution < -0.4 is 14.8 Å². The molecule has 2 fully saturated rings. The maximum Gasteiger partial charge on any atom is 0.409 e. The molecule has 22 nitrogen and oxygen atoms in total. The summed E-state index contributed by atoms with van der Waals surface area (Å²) in [7, 11) is 9.83. The molecule has 322 valence electrons. The number of amides is 5. The highest BCUT2D eigenvalue weighted by Crippen LogP contribution is 2.31. The lowest BCUT2D eigenvalue weighted by Gasteiger charge is -2.38. The number of hydrogen-bond acceptors (Lipinski definition) is 15. The maximum atomic E-state index is 12.5. The average molecular weight is 812 g/mol. The third-order valence-corrected chi connectivity index (χ3v) is 7.94. The molecule has 2 saturated heterocycles. The van der Waals surface area contributed by atoms with Gasteiger partial charge in [0.15, 0.2) is 6.10 Å². The average Bonchev–Trinajstić information content (AvgIpc) is 3.50. The minimum absolute atomic E-state index is 0.00608. The van der Waals surface area contributed by atoms with Crippen molar-refractivity contribution >= 4 is 30.3 Å². The van der Waals surface area contributed by atoms with Crippen molar-refractivity contribution in [1.82, 2.24) is 29.8 Å². The Labute approximate surface area is 330 Å². The van der Waals surface area contributed by atoms with Gasteiger partial charge in [-0.15, -0.1) is 0 Å². The van der Waals surface area contributed by atoms with Crippen molar-refractivity contribution < 1.29 is 80.5 Å². The molecule has 0 radical (unpaired) electrons. The van der Waals surface area contributed by atoms with E-state index in [0.717, 1.165) is 18.0 Å². The zero-order valence-electron chi connectivity index (χ0n) is 36.2. The monoisotopic (exact) mass is 811 g/mol. The number of hydrogen-bond donors (Lipinski definition) is 7. The molecule has 5 atom stereocenters. The van der Waals surface area contributed by atoms with Crippen LogP contribution in [-0.4, -0.2) is 210 Å². The van der Waals surface area contributed by atoms with Gasteiger partial charge in [0, 0.05) is 86.1 Å². The Morgan fingerprint density at radius 3 is 1.98 bits per heavy atom. The molecule has 0 saturated carbocycles. The van der Waals surface area contributed by atoms with E-state index >= 15 is 0 Å². The third-order valence-electron chi connectivity index (χ3n) is 7.94. The van der Waals surface area contributed by atoms with Gasteiger partial charge in [-0.3, -0.25) is 0 Å². The lowest BCUT2D eigenvalue weighted by Crippen LogP contribution is -2.61. The summed E-state index contributed by atoms with van der Waals surface area (Å²) in [5.41, 5.74) is 6.36. The number of carboxylic acids is 1. The number of ether oxygens (including phenoxy) is 4. The Hall–Kier alpha value is -4.87. The fraction of sp³-hybridized carbons (Fsp3) is 0.676. The van der Waals surface area contributed by atoms with Crippen molar-refractivity contribution in [2.75, 3.05) is 88.2 Å². The summed E-state index contributed by atoms with van der Waals surface area (Å²) in [5, 5.41) is 50.2. The van der Waals surface area contributed by atoms with Crippen molar-refractivity contribution in [3.8, 4) is 11.5 Å². The fourth-order valence-corrected chi connectivity index (χ4v) is 4.31. The first kappa shape index (κ1) is 45.5. The van der Waals surface area contributed by atoms with Gasteiger partial charge < -0.3 is 84.9 Å². The molecule has 9 N–H and O–H groups in total. The summed E-state index contributed by atoms with van der Waals surface area (Å²) < 4.78 is 39.7. The molecule has 1 aromatic rings. The van der Waals surface area contributed by atoms with Gasteiger partial charge in [-0.2, -0.15) is 0 Å². The van der Waals surface area contributed by atoms with E-state index in [1.165, 1.54) is 36.0 Å². The summed E-state index contributed by atoms with van der Waals surface area (Å²) in [5.74, 6) is -1.20. The first-order chi connectivity index (χ1) is 27.6. The number of urea groups is 1. The third kappa shape index (κ3) is 17.3. The normalized spacial score (nSPS) is 20.7. The number of carbonyl (C=O) groups is 5. The van der Waals surface area contributed by atoms with Crippen LogP contribution in [0.1, 0.15) is 27.8 Å². The molecular weight excluding hydrogens is 748 g/mol. The SMILES string of the molecule is CN1CCN(C)C1=O.[2H]O.[2H]OC(=O)N(C)CCN(C)C(=O)OCc1ccc(OCC(C)(C)C)cc1O[C@@H]1O[C@H](C(=O)O)[C@@H](O)[C@H](O)[C@H]1O.[2H]OC(=O)N(C)CCNC. The second-order valence-electron chi connectivity index (χ2n) is 14.1. The fourth-order valence-electron chi connectivity index (χ4n) is 4.31. The van der Waals surface area contributed by atoms with E-state index in [9.17, 15) is 44.4 Å². The number of nitrogens with zero attached hydrogens (tertiary/aromatic N) is 5. The summed E-state index contributed by atoms with van der Waals surface area (Å²) in [6, 6.07) is 4.70. The largest absolute Gasteiger partial charge is 0.493 e. The molecule has 0 bridgehead atoms. The zero-order chi connectivity index (χ0) is 45.6. The molecule has 0 spiro atoms. The summed E-state index contributed by atoms with van der Waals surface area (Å²) in [6.45, 7) is 9.05. The molecular formula is C34H60N6O16. The number of benzene rings is 1. The number of carboxylic acid groups (broad SMARTS) is 3. The van der Waals surface area contributed by atoms with Crippen LogP contribution in [0.15, 0.2) is 18.2 Å². The number of likely N-dealkylation sites (N-methyl/N-ethyl adjacent to an activating group) is 6. The number of carbonyl (C=O) groups excluding carboxylic acids is 2. The Kier molecular flexibility index (Phi) is 19.4. The van der Waals surface area contributed by atoms with Gasteiger partial charge in [-0.1, -0.05) is 20.8 Å². The van der Waals surface area contributed by atoms with Crippen LogP contribution in [0, 0.1) is 5.41 Å². The minimum Gasteiger partial charge on any atom is -0.493 e. The van der Waals surface area contributed by atoms with E-state index in [2.05, 4.69) is 15.5 Å². The summed E-state index contributed by atoms with van der Waals surface area (Å²) in [4.78, 5) is 63.5. The Bertz CT molecular complexity index is 1450. The Morgan fingerprint density at radius 1 is 0.946 bits per heavy atom. The van der Waals surface area contributed by atoms with Crippen LogP contribution in [-0.2, 0) is 20.9 Å². The van der Waals surface area contributed by atoms with E-state index in [-0.39, 0.29) is 42.5 Å². The maximum absolute atomic E-state index is 12.5. The number of aliphatic hydroxyl groups excluding tert-OH is 3. The summed E-state index contributed by atoms with van der Waals surface area (Å²) in [6.07, 6.45) is -11.4. The molecule has 22 heteroatoms. The van der Waals surface area contributed by atoms with Crippen LogP contribution in [0.25, 0.3) is 2.86 Å². The van der Waals surface area contributed by atoms with E-state index < -0.39 is 55.0 Å². The first-order valence-electron chi connectivity index (χ1n) is 18.4. The summed E-state index contributed by atoms with van der Waals surface area (Å²) >= 11 is 0. The van der Waals surface area contributed by atoms with E-state index in [4.69, 9.17) is 28.7 Å². The molecule has 0 aliphatic carbocycles. The van der Waals surface area contributed by atoms with Crippen LogP contribution in [0.5, 0.6) is 11.5 Å². The molecule has 0 aromatic heterocycles. The highest BCUT2D eigenvalue weighted by Gasteiger charge is 2.48. The topological polar surface area (TPSA) is 303 Å². The molecule has 0 unspecified atom stereocenters. The van der Waals surface area contributed by atoms with Crippen molar-refractivity contribution in [3.05, 3.63) is 23.8 Å². The van der Waals surface area contributed by atoms with Crippen molar-refractivity contribution in [3.63, 3.8) is 0 Å². The van der Waals surface area contributed by atoms with Gasteiger partial charge in [0.1, 0.15) is 36.4 Å². The number of aliphatic hydroxyl groups is 3. The lowest BCUT2D eigenvalue weighted by molar-refractivity contribution is -0.271. The van der Waals surface area contributed by atoms with E-state index in [1.54, 1.807) is 30.0 Å². The number of nitrogens with one attached hydrogen (secondary N) is 1. The smallest absolute Gasteiger partial charge is 0.409 e. The standard InChI is InChI=1S/C24H36N2O12.C5H12N2O2.C5H10N2O.H2O/c1-24(2,3)12-36-14-7-6-13(11-35-23(34)26(5)9-8-25(4)22(32)33)15(10-14)37-21-18(29)16(27)17(28)19(38-21)20(30)31;1-6-3-4-7(2)5(8)9;1-6-3-4-7(2)5(6)8;/h6-7,10,16-19,21,27-29H,8-9,11-12H2,1-5H3,(H,30,31)(H,32,33);6H,3-4H2,1-2H3,(H,8,9);3-4H2,1-2H3;1H2/t16-,17-,18+,19-,21+;;;/m0.../s1/i/hD3. The molecule has 5 amide bonds. The predicted molar refractivity (Wildman–Crippen MR) is 199 cm³/mol. The number of aliphatic carboxylic acids is 1. The Morgan fingerprint density at radius 2 is 1.50 bits per heavy atom. The highest BCUT2D eigenvalue weighted by molar-refractivity contribution is 5.75. The molecule has 2 aliphatic rings. The van der Waals surface area contributed by atoms with Gasteiger partial charge in [0.25, 0.3) is 2.86 Å². The van der Waals surface area contributed by atoms with Crippen LogP contribution in [0.3, 0.4) is 0 Å². The minimum atomic E-state index is -1.89. The second-order valence-corrected chi connectivity index (χ2v) is 14.1. The molecule has 56 heavy (non-hydrogen) atoms. The van der Waals surface area contributed by atoms with Gasteiger partial charge in [-0.25, -0.2) is 24.0 Å². The van der Waals surface area contributed by atoms with Crippen molar-refractivity contribution in [2.24, 2.45) is 5.41 Å². The van der Waals surface area contributed by atoms with Crippen LogP contribution >= 0.6 is 0 Å². The van der Waals surface area contributed by atoms with Crippen LogP contribution in [0.2, 0.25) is 0 Å². The zero-order valence-corrected chi connectivity index (χ0v) is 33.2. The van der Waals surface area contributed by atoms with E-state index in [0.29, 0.717) is 25.4 Å². The predicted octanol–water partition coefficient (Wildman–Crippen LogP) is -0.465. The lowest BCUT2D eigenvalue weighted by atomic mass is 9.98. The van der Waals surface area contributed by atoms with Crippen LogP contribution in [0.4, 0.5) is 19.2 Å². The second kappa shape index (κ2) is 23.9. The van der Waals surface area contributed by atoms with Gasteiger partial charge in [0.05, 0.1) is 6.61 Å². The first-order valence-corrected chi connectivity index (χ1v) is 17.2. The molecule has 1 aromatic carbocycles. The van der Waals surface area contributed by atoms with E-state index in [1.807, 2.05) is 34.9 Å². The van der Waals surface area contributed by atoms with Crippen molar-refractivity contribution in [2.45, 2.75) is 58.1 Å². The molecule has 2 heterocycles. The number of rotatable bonds is 13. The van der Waals surface area contributed by atoms with Crippen molar-refractivity contribution in [1.29, 1.82) is 2.86 Å².